The first-order valence-electron chi connectivity index (χ1n) is 9.73. The van der Waals surface area contributed by atoms with E-state index in [2.05, 4.69) is 50.5 Å². The molecule has 0 aliphatic rings. The number of nitrogens with one attached hydrogen (secondary N) is 4. The van der Waals surface area contributed by atoms with Crippen LogP contribution in [0.5, 0.6) is 0 Å². The minimum atomic E-state index is -0.0720. The lowest BCUT2D eigenvalue weighted by molar-refractivity contribution is 0.0963. The van der Waals surface area contributed by atoms with Gasteiger partial charge in [0.05, 0.1) is 6.61 Å². The molecule has 0 saturated carbocycles. The summed E-state index contributed by atoms with van der Waals surface area (Å²) in [7, 11) is 5.08. The Morgan fingerprint density at radius 1 is 1.03 bits per heavy atom. The third kappa shape index (κ3) is 7.83. The SMILES string of the molecule is CN=C(NCCc1cccc(C(=O)NC)c1)NCc1ccc(NCCOC)cc1. The van der Waals surface area contributed by atoms with Crippen molar-refractivity contribution in [3.8, 4) is 0 Å². The first kappa shape index (κ1) is 22.2. The van der Waals surface area contributed by atoms with Crippen molar-refractivity contribution in [1.82, 2.24) is 16.0 Å². The molecular formula is C22H31N5O2. The van der Waals surface area contributed by atoms with E-state index in [9.17, 15) is 4.79 Å². The number of carbonyl (C=O) groups is 1. The Kier molecular flexibility index (Phi) is 9.51. The molecule has 156 valence electrons. The van der Waals surface area contributed by atoms with Crippen molar-refractivity contribution in [3.63, 3.8) is 0 Å². The lowest BCUT2D eigenvalue weighted by atomic mass is 10.1. The summed E-state index contributed by atoms with van der Waals surface area (Å²) in [6.45, 7) is 2.88. The van der Waals surface area contributed by atoms with Crippen LogP contribution in [0.1, 0.15) is 21.5 Å². The highest BCUT2D eigenvalue weighted by atomic mass is 16.5. The minimum absolute atomic E-state index is 0.0720. The third-order valence-electron chi connectivity index (χ3n) is 4.40. The Hall–Kier alpha value is -3.06. The monoisotopic (exact) mass is 397 g/mol. The fraction of sp³-hybridized carbons (Fsp3) is 0.364. The summed E-state index contributed by atoms with van der Waals surface area (Å²) in [5, 5.41) is 12.6. The van der Waals surface area contributed by atoms with E-state index in [0.717, 1.165) is 36.7 Å². The van der Waals surface area contributed by atoms with Crippen molar-refractivity contribution >= 4 is 17.6 Å². The molecule has 0 radical (unpaired) electrons. The average molecular weight is 398 g/mol. The molecule has 7 heteroatoms. The van der Waals surface area contributed by atoms with Gasteiger partial charge in [-0.2, -0.15) is 0 Å². The van der Waals surface area contributed by atoms with E-state index in [-0.39, 0.29) is 5.91 Å². The smallest absolute Gasteiger partial charge is 0.251 e. The highest BCUT2D eigenvalue weighted by Crippen LogP contribution is 2.09. The maximum absolute atomic E-state index is 11.7. The summed E-state index contributed by atoms with van der Waals surface area (Å²) in [4.78, 5) is 16.0. The van der Waals surface area contributed by atoms with E-state index in [1.807, 2.05) is 24.3 Å². The van der Waals surface area contributed by atoms with Gasteiger partial charge in [0, 0.05) is 52.1 Å². The highest BCUT2D eigenvalue weighted by molar-refractivity contribution is 5.94. The van der Waals surface area contributed by atoms with Crippen molar-refractivity contribution in [3.05, 3.63) is 65.2 Å². The molecule has 0 bridgehead atoms. The maximum atomic E-state index is 11.7. The molecule has 0 aromatic heterocycles. The second-order valence-electron chi connectivity index (χ2n) is 6.50. The van der Waals surface area contributed by atoms with Gasteiger partial charge in [-0.25, -0.2) is 0 Å². The van der Waals surface area contributed by atoms with Crippen molar-refractivity contribution in [1.29, 1.82) is 0 Å². The fourth-order valence-corrected chi connectivity index (χ4v) is 2.78. The second-order valence-corrected chi connectivity index (χ2v) is 6.50. The molecule has 0 saturated heterocycles. The van der Waals surface area contributed by atoms with Crippen molar-refractivity contribution in [2.45, 2.75) is 13.0 Å². The number of guanidine groups is 1. The second kappa shape index (κ2) is 12.4. The van der Waals surface area contributed by atoms with Gasteiger partial charge in [-0.3, -0.25) is 9.79 Å². The number of methoxy groups -OCH3 is 1. The zero-order chi connectivity index (χ0) is 20.9. The number of ether oxygens (including phenoxy) is 1. The molecule has 2 aromatic rings. The normalized spacial score (nSPS) is 11.1. The predicted molar refractivity (Wildman–Crippen MR) is 119 cm³/mol. The number of rotatable bonds is 10. The lowest BCUT2D eigenvalue weighted by Crippen LogP contribution is -2.37. The summed E-state index contributed by atoms with van der Waals surface area (Å²) in [6.07, 6.45) is 0.799. The van der Waals surface area contributed by atoms with Crippen molar-refractivity contribution in [2.75, 3.05) is 46.2 Å². The van der Waals surface area contributed by atoms with Crippen LogP contribution in [0.4, 0.5) is 5.69 Å². The van der Waals surface area contributed by atoms with E-state index in [4.69, 9.17) is 4.74 Å². The number of anilines is 1. The summed E-state index contributed by atoms with van der Waals surface area (Å²) in [5.74, 6) is 0.673. The Bertz CT molecular complexity index is 790. The van der Waals surface area contributed by atoms with Crippen LogP contribution >= 0.6 is 0 Å². The number of hydrogen-bond acceptors (Lipinski definition) is 4. The van der Waals surface area contributed by atoms with Crippen molar-refractivity contribution < 1.29 is 9.53 Å². The van der Waals surface area contributed by atoms with Crippen LogP contribution in [0, 0.1) is 0 Å². The lowest BCUT2D eigenvalue weighted by Gasteiger charge is -2.13. The summed E-state index contributed by atoms with van der Waals surface area (Å²) >= 11 is 0. The van der Waals surface area contributed by atoms with Gasteiger partial charge in [0.25, 0.3) is 5.91 Å². The number of benzene rings is 2. The molecule has 0 unspecified atom stereocenters. The van der Waals surface area contributed by atoms with E-state index >= 15 is 0 Å². The van der Waals surface area contributed by atoms with Crippen LogP contribution in [0.3, 0.4) is 0 Å². The maximum Gasteiger partial charge on any atom is 0.251 e. The fourth-order valence-electron chi connectivity index (χ4n) is 2.78. The van der Waals surface area contributed by atoms with Gasteiger partial charge in [-0.05, 0) is 41.8 Å². The molecule has 0 spiro atoms. The molecular weight excluding hydrogens is 366 g/mol. The van der Waals surface area contributed by atoms with E-state index in [1.54, 1.807) is 21.2 Å². The van der Waals surface area contributed by atoms with E-state index in [0.29, 0.717) is 18.7 Å². The number of carbonyl (C=O) groups excluding carboxylic acids is 1. The van der Waals surface area contributed by atoms with Crippen LogP contribution in [0.25, 0.3) is 0 Å². The highest BCUT2D eigenvalue weighted by Gasteiger charge is 2.04. The Morgan fingerprint density at radius 3 is 2.52 bits per heavy atom. The van der Waals surface area contributed by atoms with Gasteiger partial charge < -0.3 is 26.0 Å². The van der Waals surface area contributed by atoms with E-state index in [1.165, 1.54) is 5.56 Å². The van der Waals surface area contributed by atoms with Gasteiger partial charge in [0.1, 0.15) is 0 Å². The number of nitrogens with zero attached hydrogens (tertiary/aromatic N) is 1. The molecule has 0 heterocycles. The van der Waals surface area contributed by atoms with Crippen LogP contribution < -0.4 is 21.3 Å². The first-order chi connectivity index (χ1) is 14.2. The third-order valence-corrected chi connectivity index (χ3v) is 4.40. The molecule has 0 aliphatic heterocycles. The molecule has 2 rings (SSSR count). The number of amides is 1. The van der Waals surface area contributed by atoms with Crippen LogP contribution in [0.15, 0.2) is 53.5 Å². The topological polar surface area (TPSA) is 86.8 Å². The molecule has 29 heavy (non-hydrogen) atoms. The van der Waals surface area contributed by atoms with Gasteiger partial charge in [-0.15, -0.1) is 0 Å². The van der Waals surface area contributed by atoms with Gasteiger partial charge in [0.2, 0.25) is 0 Å². The molecule has 4 N–H and O–H groups in total. The van der Waals surface area contributed by atoms with Crippen LogP contribution in [0.2, 0.25) is 0 Å². The Labute approximate surface area is 173 Å². The number of hydrogen-bond donors (Lipinski definition) is 4. The average Bonchev–Trinajstić information content (AvgIpc) is 2.76. The van der Waals surface area contributed by atoms with Gasteiger partial charge >= 0.3 is 0 Å². The van der Waals surface area contributed by atoms with Crippen LogP contribution in [-0.4, -0.2) is 52.8 Å². The largest absolute Gasteiger partial charge is 0.383 e. The standard InChI is InChI=1S/C22H31N5O2/c1-23-21(28)19-6-4-5-17(15-19)11-12-26-22(24-2)27-16-18-7-9-20(10-8-18)25-13-14-29-3/h4-10,15,25H,11-14,16H2,1-3H3,(H,23,28)(H2,24,26,27). The summed E-state index contributed by atoms with van der Waals surface area (Å²) in [5.41, 5.74) is 4.02. The molecule has 0 atom stereocenters. The van der Waals surface area contributed by atoms with Crippen molar-refractivity contribution in [2.24, 2.45) is 4.99 Å². The zero-order valence-electron chi connectivity index (χ0n) is 17.4. The molecule has 7 nitrogen and oxygen atoms in total. The van der Waals surface area contributed by atoms with Gasteiger partial charge in [0.15, 0.2) is 5.96 Å². The molecule has 1 amide bonds. The number of aliphatic imine (C=N–C) groups is 1. The molecule has 0 aliphatic carbocycles. The first-order valence-corrected chi connectivity index (χ1v) is 9.73. The molecule has 0 fully saturated rings. The minimum Gasteiger partial charge on any atom is -0.383 e. The summed E-state index contributed by atoms with van der Waals surface area (Å²) < 4.78 is 5.04. The Morgan fingerprint density at radius 2 is 1.83 bits per heavy atom. The van der Waals surface area contributed by atoms with Gasteiger partial charge in [-0.1, -0.05) is 24.3 Å². The van der Waals surface area contributed by atoms with E-state index < -0.39 is 0 Å². The Balaban J connectivity index is 1.76. The van der Waals surface area contributed by atoms with Crippen LogP contribution in [-0.2, 0) is 17.7 Å². The zero-order valence-corrected chi connectivity index (χ0v) is 17.4. The summed E-state index contributed by atoms with van der Waals surface area (Å²) in [6, 6.07) is 15.9. The quantitative estimate of drug-likeness (QED) is 0.280. The molecule has 2 aromatic carbocycles. The predicted octanol–water partition coefficient (Wildman–Crippen LogP) is 2.01.